The molecule has 2 aromatic heterocycles. The number of nitrogens with one attached hydrogen (secondary N) is 1. The first kappa shape index (κ1) is 19.4. The highest BCUT2D eigenvalue weighted by Gasteiger charge is 2.20. The Morgan fingerprint density at radius 1 is 1.03 bits per heavy atom. The largest absolute Gasteiger partial charge is 0.304 e. The van der Waals surface area contributed by atoms with Crippen molar-refractivity contribution in [2.24, 2.45) is 0 Å². The number of likely N-dealkylation sites (N-methyl/N-ethyl adjacent to an activating group) is 1. The molecule has 0 aliphatic carbocycles. The summed E-state index contributed by atoms with van der Waals surface area (Å²) in [7, 11) is 2.17. The molecule has 1 fully saturated rings. The topological polar surface area (TPSA) is 53.4 Å². The van der Waals surface area contributed by atoms with Crippen LogP contribution in [-0.2, 0) is 6.54 Å². The maximum absolute atomic E-state index is 12.8. The molecule has 3 aromatic rings. The van der Waals surface area contributed by atoms with Crippen LogP contribution in [-0.4, -0.2) is 58.6 Å². The molecule has 1 aliphatic heterocycles. The zero-order valence-corrected chi connectivity index (χ0v) is 17.0. The molecule has 1 saturated heterocycles. The summed E-state index contributed by atoms with van der Waals surface area (Å²) in [4.78, 5) is 21.6. The van der Waals surface area contributed by atoms with E-state index in [0.29, 0.717) is 5.56 Å². The van der Waals surface area contributed by atoms with E-state index in [1.807, 2.05) is 22.9 Å². The van der Waals surface area contributed by atoms with Crippen LogP contribution in [0.3, 0.4) is 0 Å². The monoisotopic (exact) mass is 389 g/mol. The highest BCUT2D eigenvalue weighted by molar-refractivity contribution is 6.00. The average Bonchev–Trinajstić information content (AvgIpc) is 3.06. The Morgan fingerprint density at radius 2 is 1.72 bits per heavy atom. The summed E-state index contributed by atoms with van der Waals surface area (Å²) < 4.78 is 1.92. The number of piperazine rings is 1. The Morgan fingerprint density at radius 3 is 2.41 bits per heavy atom. The summed E-state index contributed by atoms with van der Waals surface area (Å²) in [5.74, 6) is -0.144. The zero-order valence-electron chi connectivity index (χ0n) is 17.0. The smallest absolute Gasteiger partial charge is 0.270 e. The Kier molecular flexibility index (Phi) is 5.74. The van der Waals surface area contributed by atoms with Crippen molar-refractivity contribution in [2.45, 2.75) is 13.5 Å². The molecular formula is C23H27N5O. The molecule has 150 valence electrons. The lowest BCUT2D eigenvalue weighted by molar-refractivity contribution is 0.101. The van der Waals surface area contributed by atoms with Crippen molar-refractivity contribution >= 4 is 5.91 Å². The lowest BCUT2D eigenvalue weighted by atomic mass is 10.1. The predicted molar refractivity (Wildman–Crippen MR) is 115 cm³/mol. The second kappa shape index (κ2) is 8.59. The van der Waals surface area contributed by atoms with Gasteiger partial charge in [-0.3, -0.25) is 24.8 Å². The van der Waals surface area contributed by atoms with Gasteiger partial charge in [0, 0.05) is 61.9 Å². The molecule has 4 rings (SSSR count). The fraction of sp³-hybridized carbons (Fsp3) is 0.304. The summed E-state index contributed by atoms with van der Waals surface area (Å²) in [5, 5.41) is 0. The van der Waals surface area contributed by atoms with E-state index < -0.39 is 0 Å². The number of benzene rings is 1. The minimum atomic E-state index is -0.144. The number of hydrogen-bond acceptors (Lipinski definition) is 4. The van der Waals surface area contributed by atoms with Crippen molar-refractivity contribution < 1.29 is 4.79 Å². The van der Waals surface area contributed by atoms with Crippen LogP contribution in [0.4, 0.5) is 0 Å². The molecule has 1 aliphatic rings. The summed E-state index contributed by atoms with van der Waals surface area (Å²) in [6.07, 6.45) is 3.27. The number of nitrogens with zero attached hydrogens (tertiary/aromatic N) is 4. The van der Waals surface area contributed by atoms with Crippen molar-refractivity contribution in [1.29, 1.82) is 0 Å². The summed E-state index contributed by atoms with van der Waals surface area (Å²) in [5.41, 5.74) is 8.05. The molecule has 0 unspecified atom stereocenters. The fourth-order valence-corrected chi connectivity index (χ4v) is 3.70. The van der Waals surface area contributed by atoms with Gasteiger partial charge in [-0.05, 0) is 37.7 Å². The van der Waals surface area contributed by atoms with Gasteiger partial charge in [-0.25, -0.2) is 0 Å². The minimum absolute atomic E-state index is 0.144. The van der Waals surface area contributed by atoms with E-state index in [1.54, 1.807) is 24.5 Å². The minimum Gasteiger partial charge on any atom is -0.304 e. The maximum atomic E-state index is 12.8. The van der Waals surface area contributed by atoms with Crippen LogP contribution < -0.4 is 5.43 Å². The molecule has 29 heavy (non-hydrogen) atoms. The Labute approximate surface area is 171 Å². The molecule has 6 nitrogen and oxygen atoms in total. The van der Waals surface area contributed by atoms with E-state index in [4.69, 9.17) is 0 Å². The van der Waals surface area contributed by atoms with Gasteiger partial charge in [0.05, 0.1) is 5.69 Å². The SMILES string of the molecule is Cc1c(CN2CCN(C)CC2)cc(-c2ccccc2)n1NC(=O)c1ccncc1. The molecule has 1 N–H and O–H groups in total. The molecule has 0 radical (unpaired) electrons. The van der Waals surface area contributed by atoms with E-state index in [0.717, 1.165) is 49.7 Å². The van der Waals surface area contributed by atoms with Crippen LogP contribution in [0.5, 0.6) is 0 Å². The van der Waals surface area contributed by atoms with Gasteiger partial charge >= 0.3 is 0 Å². The summed E-state index contributed by atoms with van der Waals surface area (Å²) >= 11 is 0. The van der Waals surface area contributed by atoms with Crippen molar-refractivity contribution in [3.05, 3.63) is 77.7 Å². The third-order valence-corrected chi connectivity index (χ3v) is 5.57. The van der Waals surface area contributed by atoms with Crippen LogP contribution in [0.25, 0.3) is 11.3 Å². The van der Waals surface area contributed by atoms with Gasteiger partial charge < -0.3 is 4.90 Å². The molecule has 6 heteroatoms. The number of rotatable bonds is 5. The number of aromatic nitrogens is 2. The van der Waals surface area contributed by atoms with Crippen LogP contribution in [0.1, 0.15) is 21.6 Å². The third-order valence-electron chi connectivity index (χ3n) is 5.57. The molecule has 0 spiro atoms. The first-order valence-corrected chi connectivity index (χ1v) is 10.0. The Hall–Kier alpha value is -2.96. The zero-order chi connectivity index (χ0) is 20.2. The second-order valence-electron chi connectivity index (χ2n) is 7.60. The predicted octanol–water partition coefficient (Wildman–Crippen LogP) is 2.99. The molecule has 1 amide bonds. The van der Waals surface area contributed by atoms with Crippen LogP contribution in [0, 0.1) is 6.92 Å². The number of hydrogen-bond donors (Lipinski definition) is 1. The Bertz CT molecular complexity index is 960. The van der Waals surface area contributed by atoms with Crippen molar-refractivity contribution in [1.82, 2.24) is 19.5 Å². The van der Waals surface area contributed by atoms with Crippen LogP contribution >= 0.6 is 0 Å². The fourth-order valence-electron chi connectivity index (χ4n) is 3.70. The van der Waals surface area contributed by atoms with Gasteiger partial charge in [0.25, 0.3) is 5.91 Å². The molecule has 0 saturated carbocycles. The van der Waals surface area contributed by atoms with Gasteiger partial charge in [-0.2, -0.15) is 0 Å². The standard InChI is InChI=1S/C23H27N5O/c1-18-21(17-27-14-12-26(2)13-15-27)16-22(19-6-4-3-5-7-19)28(18)25-23(29)20-8-10-24-11-9-20/h3-11,16H,12-15,17H2,1-2H3,(H,25,29). The van der Waals surface area contributed by atoms with Crippen LogP contribution in [0.2, 0.25) is 0 Å². The molecule has 1 aromatic carbocycles. The van der Waals surface area contributed by atoms with Crippen molar-refractivity contribution in [2.75, 3.05) is 38.7 Å². The molecular weight excluding hydrogens is 362 g/mol. The Balaban J connectivity index is 1.65. The average molecular weight is 390 g/mol. The molecule has 3 heterocycles. The summed E-state index contributed by atoms with van der Waals surface area (Å²) in [6, 6.07) is 15.8. The van der Waals surface area contributed by atoms with E-state index in [-0.39, 0.29) is 5.91 Å². The van der Waals surface area contributed by atoms with Gasteiger partial charge in [-0.1, -0.05) is 30.3 Å². The molecule has 0 atom stereocenters. The number of pyridine rings is 1. The van der Waals surface area contributed by atoms with E-state index in [1.165, 1.54) is 5.56 Å². The number of carbonyl (C=O) groups excluding carboxylic acids is 1. The summed E-state index contributed by atoms with van der Waals surface area (Å²) in [6.45, 7) is 7.26. The maximum Gasteiger partial charge on any atom is 0.270 e. The van der Waals surface area contributed by atoms with E-state index >= 15 is 0 Å². The highest BCUT2D eigenvalue weighted by atomic mass is 16.2. The van der Waals surface area contributed by atoms with Gasteiger partial charge in [-0.15, -0.1) is 0 Å². The van der Waals surface area contributed by atoms with Crippen molar-refractivity contribution in [3.63, 3.8) is 0 Å². The highest BCUT2D eigenvalue weighted by Crippen LogP contribution is 2.26. The van der Waals surface area contributed by atoms with Gasteiger partial charge in [0.2, 0.25) is 0 Å². The van der Waals surface area contributed by atoms with E-state index in [9.17, 15) is 4.79 Å². The number of carbonyl (C=O) groups is 1. The lowest BCUT2D eigenvalue weighted by Gasteiger charge is -2.32. The number of amides is 1. The first-order valence-electron chi connectivity index (χ1n) is 10.0. The quantitative estimate of drug-likeness (QED) is 0.729. The molecule has 0 bridgehead atoms. The lowest BCUT2D eigenvalue weighted by Crippen LogP contribution is -2.43. The van der Waals surface area contributed by atoms with Crippen LogP contribution in [0.15, 0.2) is 60.9 Å². The van der Waals surface area contributed by atoms with Crippen molar-refractivity contribution in [3.8, 4) is 11.3 Å². The second-order valence-corrected chi connectivity index (χ2v) is 7.60. The first-order chi connectivity index (χ1) is 14.1. The third kappa shape index (κ3) is 4.39. The van der Waals surface area contributed by atoms with Gasteiger partial charge in [0.15, 0.2) is 0 Å². The van der Waals surface area contributed by atoms with Gasteiger partial charge in [0.1, 0.15) is 0 Å². The van der Waals surface area contributed by atoms with E-state index in [2.05, 4.69) is 52.4 Å². The normalized spacial score (nSPS) is 15.4.